The summed E-state index contributed by atoms with van der Waals surface area (Å²) in [4.78, 5) is 21.9. The Balaban J connectivity index is 2.39. The number of esters is 1. The minimum atomic E-state index is -0.501. The van der Waals surface area contributed by atoms with Crippen molar-refractivity contribution < 1.29 is 14.3 Å². The van der Waals surface area contributed by atoms with E-state index in [2.05, 4.69) is 5.32 Å². The zero-order valence-corrected chi connectivity index (χ0v) is 7.13. The number of hydrogen-bond donors (Lipinski definition) is 1. The third-order valence-electron chi connectivity index (χ3n) is 1.80. The Morgan fingerprint density at radius 1 is 1.75 bits per heavy atom. The van der Waals surface area contributed by atoms with Gasteiger partial charge in [0.15, 0.2) is 11.9 Å². The number of carbonyl (C=O) groups excluding carboxylic acids is 2. The van der Waals surface area contributed by atoms with Gasteiger partial charge in [0.1, 0.15) is 0 Å². The lowest BCUT2D eigenvalue weighted by Gasteiger charge is -2.21. The summed E-state index contributed by atoms with van der Waals surface area (Å²) in [5, 5.41) is 2.91. The molecule has 4 heteroatoms. The van der Waals surface area contributed by atoms with Crippen LogP contribution >= 0.6 is 0 Å². The van der Waals surface area contributed by atoms with Gasteiger partial charge in [0.2, 0.25) is 0 Å². The van der Waals surface area contributed by atoms with Crippen LogP contribution in [-0.4, -0.2) is 30.9 Å². The van der Waals surface area contributed by atoms with E-state index in [1.165, 1.54) is 0 Å². The van der Waals surface area contributed by atoms with Gasteiger partial charge in [-0.1, -0.05) is 6.92 Å². The lowest BCUT2D eigenvalue weighted by molar-refractivity contribution is -0.155. The van der Waals surface area contributed by atoms with Gasteiger partial charge in [0.05, 0.1) is 6.54 Å². The summed E-state index contributed by atoms with van der Waals surface area (Å²) in [5.74, 6) is -0.321. The molecular formula is C8H13NO3. The Kier molecular flexibility index (Phi) is 3.22. The molecule has 0 aromatic carbocycles. The Labute approximate surface area is 71.3 Å². The summed E-state index contributed by atoms with van der Waals surface area (Å²) < 4.78 is 4.92. The molecule has 0 bridgehead atoms. The average Bonchev–Trinajstić information content (AvgIpc) is 2.09. The van der Waals surface area contributed by atoms with Gasteiger partial charge in [-0.3, -0.25) is 9.59 Å². The van der Waals surface area contributed by atoms with Crippen LogP contribution in [0.4, 0.5) is 0 Å². The molecule has 1 aliphatic rings. The first-order chi connectivity index (χ1) is 5.74. The molecule has 0 amide bonds. The summed E-state index contributed by atoms with van der Waals surface area (Å²) in [5.41, 5.74) is 0. The second-order valence-electron chi connectivity index (χ2n) is 2.76. The topological polar surface area (TPSA) is 55.4 Å². The zero-order chi connectivity index (χ0) is 8.97. The Bertz CT molecular complexity index is 191. The van der Waals surface area contributed by atoms with Crippen molar-refractivity contribution in [1.29, 1.82) is 0 Å². The molecule has 1 saturated heterocycles. The summed E-state index contributed by atoms with van der Waals surface area (Å²) in [6, 6.07) is 0. The maximum atomic E-state index is 11.1. The summed E-state index contributed by atoms with van der Waals surface area (Å²) in [7, 11) is 0. The number of ether oxygens (including phenoxy) is 1. The molecule has 0 aliphatic carbocycles. The van der Waals surface area contributed by atoms with Crippen molar-refractivity contribution in [2.75, 3.05) is 13.1 Å². The monoisotopic (exact) mass is 171 g/mol. The fraction of sp³-hybridized carbons (Fsp3) is 0.750. The van der Waals surface area contributed by atoms with Crippen LogP contribution < -0.4 is 5.32 Å². The predicted molar refractivity (Wildman–Crippen MR) is 42.7 cm³/mol. The number of rotatable bonds is 2. The molecule has 1 fully saturated rings. The number of nitrogens with one attached hydrogen (secondary N) is 1. The number of carbonyl (C=O) groups is 2. The van der Waals surface area contributed by atoms with Crippen LogP contribution in [-0.2, 0) is 14.3 Å². The quantitative estimate of drug-likeness (QED) is 0.588. The smallest absolute Gasteiger partial charge is 0.306 e. The van der Waals surface area contributed by atoms with Gasteiger partial charge in [-0.15, -0.1) is 0 Å². The third kappa shape index (κ3) is 2.30. The van der Waals surface area contributed by atoms with Crippen molar-refractivity contribution in [3.8, 4) is 0 Å². The summed E-state index contributed by atoms with van der Waals surface area (Å²) in [6.07, 6.45) is 0.431. The maximum Gasteiger partial charge on any atom is 0.306 e. The van der Waals surface area contributed by atoms with Crippen LogP contribution in [0.3, 0.4) is 0 Å². The molecule has 0 radical (unpaired) electrons. The Morgan fingerprint density at radius 2 is 2.50 bits per heavy atom. The van der Waals surface area contributed by atoms with Crippen LogP contribution in [0.2, 0.25) is 0 Å². The van der Waals surface area contributed by atoms with Crippen molar-refractivity contribution >= 4 is 11.8 Å². The third-order valence-corrected chi connectivity index (χ3v) is 1.80. The van der Waals surface area contributed by atoms with Gasteiger partial charge in [-0.05, 0) is 6.54 Å². The van der Waals surface area contributed by atoms with Gasteiger partial charge in [0, 0.05) is 12.8 Å². The molecule has 1 unspecified atom stereocenters. The van der Waals surface area contributed by atoms with E-state index in [0.29, 0.717) is 19.4 Å². The molecule has 1 rings (SSSR count). The molecule has 1 aliphatic heterocycles. The van der Waals surface area contributed by atoms with Gasteiger partial charge < -0.3 is 10.1 Å². The van der Waals surface area contributed by atoms with E-state index in [4.69, 9.17) is 4.74 Å². The highest BCUT2D eigenvalue weighted by Gasteiger charge is 2.24. The first-order valence-electron chi connectivity index (χ1n) is 4.17. The lowest BCUT2D eigenvalue weighted by atomic mass is 10.1. The molecule has 0 spiro atoms. The van der Waals surface area contributed by atoms with Crippen LogP contribution in [0.15, 0.2) is 0 Å². The number of ketones is 1. The molecule has 4 nitrogen and oxygen atoms in total. The van der Waals surface area contributed by atoms with E-state index in [0.717, 1.165) is 6.54 Å². The standard InChI is InChI=1S/C8H13NO3/c1-2-8(11)12-7-3-4-9-5-6(7)10/h7,9H,2-5H2,1H3. The van der Waals surface area contributed by atoms with Crippen LogP contribution in [0, 0.1) is 0 Å². The van der Waals surface area contributed by atoms with Crippen LogP contribution in [0.1, 0.15) is 19.8 Å². The summed E-state index contributed by atoms with van der Waals surface area (Å²) in [6.45, 7) is 2.78. The van der Waals surface area contributed by atoms with Crippen LogP contribution in [0.5, 0.6) is 0 Å². The first-order valence-corrected chi connectivity index (χ1v) is 4.17. The first kappa shape index (κ1) is 9.19. The van der Waals surface area contributed by atoms with Gasteiger partial charge in [0.25, 0.3) is 0 Å². The normalized spacial score (nSPS) is 23.8. The molecule has 0 aromatic heterocycles. The zero-order valence-electron chi connectivity index (χ0n) is 7.13. The van der Waals surface area contributed by atoms with E-state index in [-0.39, 0.29) is 11.8 Å². The molecule has 68 valence electrons. The van der Waals surface area contributed by atoms with E-state index in [1.54, 1.807) is 6.92 Å². The minimum Gasteiger partial charge on any atom is -0.454 e. The van der Waals surface area contributed by atoms with Crippen molar-refractivity contribution in [3.63, 3.8) is 0 Å². The highest BCUT2D eigenvalue weighted by molar-refractivity contribution is 5.87. The highest BCUT2D eigenvalue weighted by Crippen LogP contribution is 2.04. The SMILES string of the molecule is CCC(=O)OC1CCNCC1=O. The highest BCUT2D eigenvalue weighted by atomic mass is 16.5. The van der Waals surface area contributed by atoms with E-state index in [1.807, 2.05) is 0 Å². The second-order valence-corrected chi connectivity index (χ2v) is 2.76. The van der Waals surface area contributed by atoms with E-state index in [9.17, 15) is 9.59 Å². The van der Waals surface area contributed by atoms with E-state index >= 15 is 0 Å². The Morgan fingerprint density at radius 3 is 3.08 bits per heavy atom. The molecule has 0 saturated carbocycles. The molecule has 1 N–H and O–H groups in total. The molecule has 12 heavy (non-hydrogen) atoms. The second kappa shape index (κ2) is 4.21. The molecular weight excluding hydrogens is 158 g/mol. The maximum absolute atomic E-state index is 11.1. The van der Waals surface area contributed by atoms with Crippen molar-refractivity contribution in [1.82, 2.24) is 5.32 Å². The van der Waals surface area contributed by atoms with Gasteiger partial charge in [-0.25, -0.2) is 0 Å². The number of Topliss-reactive ketones (excluding diaryl/α,β-unsaturated/α-hetero) is 1. The fourth-order valence-electron chi connectivity index (χ4n) is 1.09. The molecule has 1 atom stereocenters. The number of piperidine rings is 1. The fourth-order valence-corrected chi connectivity index (χ4v) is 1.09. The largest absolute Gasteiger partial charge is 0.454 e. The predicted octanol–water partition coefficient (Wildman–Crippen LogP) is -0.129. The minimum absolute atomic E-state index is 0.0250. The van der Waals surface area contributed by atoms with Crippen molar-refractivity contribution in [2.24, 2.45) is 0 Å². The van der Waals surface area contributed by atoms with Crippen LogP contribution in [0.25, 0.3) is 0 Å². The average molecular weight is 171 g/mol. The molecule has 1 heterocycles. The van der Waals surface area contributed by atoms with Gasteiger partial charge in [-0.2, -0.15) is 0 Å². The molecule has 0 aromatic rings. The van der Waals surface area contributed by atoms with Crippen molar-refractivity contribution in [3.05, 3.63) is 0 Å². The van der Waals surface area contributed by atoms with Crippen molar-refractivity contribution in [2.45, 2.75) is 25.9 Å². The lowest BCUT2D eigenvalue weighted by Crippen LogP contribution is -2.42. The Hall–Kier alpha value is -0.900. The summed E-state index contributed by atoms with van der Waals surface area (Å²) >= 11 is 0. The van der Waals surface area contributed by atoms with E-state index < -0.39 is 6.10 Å². The van der Waals surface area contributed by atoms with Gasteiger partial charge >= 0.3 is 5.97 Å². The number of hydrogen-bond acceptors (Lipinski definition) is 4.